The predicted octanol–water partition coefficient (Wildman–Crippen LogP) is 3.21. The van der Waals surface area contributed by atoms with Crippen molar-refractivity contribution in [2.24, 2.45) is 0 Å². The summed E-state index contributed by atoms with van der Waals surface area (Å²) in [7, 11) is 0. The standard InChI is InChI=1S/C13H16N2OS/c1-9-7-10(16-15-9)8-14-12-3-2-4-13-11(12)5-6-17-13/h5-7,12,14H,2-4,8H2,1H3. The van der Waals surface area contributed by atoms with E-state index in [0.717, 1.165) is 18.0 Å². The number of rotatable bonds is 3. The maximum Gasteiger partial charge on any atom is 0.150 e. The van der Waals surface area contributed by atoms with Gasteiger partial charge in [0, 0.05) is 17.0 Å². The molecule has 0 aromatic carbocycles. The lowest BCUT2D eigenvalue weighted by molar-refractivity contribution is 0.353. The van der Waals surface area contributed by atoms with Gasteiger partial charge in [0.2, 0.25) is 0 Å². The number of aryl methyl sites for hydroxylation is 2. The summed E-state index contributed by atoms with van der Waals surface area (Å²) < 4.78 is 5.21. The van der Waals surface area contributed by atoms with Crippen molar-refractivity contribution in [3.63, 3.8) is 0 Å². The Kier molecular flexibility index (Phi) is 2.99. The zero-order valence-electron chi connectivity index (χ0n) is 9.90. The van der Waals surface area contributed by atoms with Gasteiger partial charge in [-0.3, -0.25) is 0 Å². The number of nitrogens with one attached hydrogen (secondary N) is 1. The quantitative estimate of drug-likeness (QED) is 0.906. The molecule has 0 fully saturated rings. The fourth-order valence-electron chi connectivity index (χ4n) is 2.42. The van der Waals surface area contributed by atoms with Crippen molar-refractivity contribution < 1.29 is 4.52 Å². The van der Waals surface area contributed by atoms with E-state index < -0.39 is 0 Å². The molecular formula is C13H16N2OS. The van der Waals surface area contributed by atoms with Crippen LogP contribution in [0, 0.1) is 6.92 Å². The third-order valence-corrected chi connectivity index (χ3v) is 4.25. The number of thiophene rings is 1. The summed E-state index contributed by atoms with van der Waals surface area (Å²) >= 11 is 1.88. The van der Waals surface area contributed by atoms with Gasteiger partial charge in [-0.2, -0.15) is 0 Å². The van der Waals surface area contributed by atoms with Crippen LogP contribution in [0.1, 0.15) is 40.8 Å². The Morgan fingerprint density at radius 2 is 2.53 bits per heavy atom. The van der Waals surface area contributed by atoms with E-state index in [0.29, 0.717) is 6.04 Å². The zero-order valence-corrected chi connectivity index (χ0v) is 10.7. The minimum Gasteiger partial charge on any atom is -0.360 e. The van der Waals surface area contributed by atoms with Gasteiger partial charge in [0.15, 0.2) is 5.76 Å². The molecule has 2 aromatic heterocycles. The zero-order chi connectivity index (χ0) is 11.7. The summed E-state index contributed by atoms with van der Waals surface area (Å²) in [6.07, 6.45) is 3.74. The van der Waals surface area contributed by atoms with Gasteiger partial charge < -0.3 is 9.84 Å². The number of nitrogens with zero attached hydrogens (tertiary/aromatic N) is 1. The third-order valence-electron chi connectivity index (χ3n) is 3.25. The summed E-state index contributed by atoms with van der Waals surface area (Å²) in [5.41, 5.74) is 2.43. The molecular weight excluding hydrogens is 232 g/mol. The molecule has 0 saturated carbocycles. The van der Waals surface area contributed by atoms with Gasteiger partial charge in [-0.05, 0) is 43.2 Å². The molecule has 1 N–H and O–H groups in total. The van der Waals surface area contributed by atoms with Crippen LogP contribution in [0.3, 0.4) is 0 Å². The monoisotopic (exact) mass is 248 g/mol. The lowest BCUT2D eigenvalue weighted by Gasteiger charge is -2.23. The first-order valence-corrected chi connectivity index (χ1v) is 6.93. The Balaban J connectivity index is 1.67. The highest BCUT2D eigenvalue weighted by Crippen LogP contribution is 2.33. The van der Waals surface area contributed by atoms with Crippen molar-refractivity contribution in [3.05, 3.63) is 39.4 Å². The van der Waals surface area contributed by atoms with Crippen LogP contribution in [-0.2, 0) is 13.0 Å². The number of hydrogen-bond donors (Lipinski definition) is 1. The van der Waals surface area contributed by atoms with E-state index in [1.807, 2.05) is 24.3 Å². The van der Waals surface area contributed by atoms with Crippen molar-refractivity contribution in [2.75, 3.05) is 0 Å². The van der Waals surface area contributed by atoms with E-state index in [2.05, 4.69) is 21.9 Å². The van der Waals surface area contributed by atoms with Gasteiger partial charge in [0.05, 0.1) is 12.2 Å². The fourth-order valence-corrected chi connectivity index (χ4v) is 3.41. The Morgan fingerprint density at radius 3 is 3.35 bits per heavy atom. The molecule has 0 saturated heterocycles. The Morgan fingerprint density at radius 1 is 1.59 bits per heavy atom. The topological polar surface area (TPSA) is 38.1 Å². The van der Waals surface area contributed by atoms with Crippen molar-refractivity contribution in [1.29, 1.82) is 0 Å². The van der Waals surface area contributed by atoms with Crippen molar-refractivity contribution in [1.82, 2.24) is 10.5 Å². The summed E-state index contributed by atoms with van der Waals surface area (Å²) in [5, 5.41) is 9.67. The van der Waals surface area contributed by atoms with Crippen LogP contribution in [0.15, 0.2) is 22.0 Å². The average Bonchev–Trinajstić information content (AvgIpc) is 2.94. The van der Waals surface area contributed by atoms with Crippen LogP contribution in [0.5, 0.6) is 0 Å². The second-order valence-corrected chi connectivity index (χ2v) is 5.56. The lowest BCUT2D eigenvalue weighted by atomic mass is 9.94. The van der Waals surface area contributed by atoms with Gasteiger partial charge >= 0.3 is 0 Å². The maximum absolute atomic E-state index is 5.21. The number of fused-ring (bicyclic) bond motifs is 1. The average molecular weight is 248 g/mol. The third kappa shape index (κ3) is 2.28. The normalized spacial score (nSPS) is 19.2. The molecule has 3 rings (SSSR count). The molecule has 17 heavy (non-hydrogen) atoms. The molecule has 2 aromatic rings. The molecule has 4 heteroatoms. The SMILES string of the molecule is Cc1cc(CNC2CCCc3sccc32)on1. The fraction of sp³-hybridized carbons (Fsp3) is 0.462. The van der Waals surface area contributed by atoms with Gasteiger partial charge in [0.25, 0.3) is 0 Å². The molecule has 0 radical (unpaired) electrons. The molecule has 0 bridgehead atoms. The molecule has 1 aliphatic rings. The summed E-state index contributed by atoms with van der Waals surface area (Å²) in [4.78, 5) is 1.54. The molecule has 90 valence electrons. The van der Waals surface area contributed by atoms with Crippen LogP contribution in [0.2, 0.25) is 0 Å². The Labute approximate surface area is 105 Å². The first-order chi connectivity index (χ1) is 8.33. The lowest BCUT2D eigenvalue weighted by Crippen LogP contribution is -2.23. The highest BCUT2D eigenvalue weighted by Gasteiger charge is 2.20. The van der Waals surface area contributed by atoms with E-state index in [9.17, 15) is 0 Å². The first-order valence-electron chi connectivity index (χ1n) is 6.05. The minimum absolute atomic E-state index is 0.482. The van der Waals surface area contributed by atoms with Crippen LogP contribution < -0.4 is 5.32 Å². The van der Waals surface area contributed by atoms with Gasteiger partial charge in [-0.1, -0.05) is 5.16 Å². The smallest absolute Gasteiger partial charge is 0.150 e. The Hall–Kier alpha value is -1.13. The molecule has 0 aliphatic heterocycles. The first kappa shape index (κ1) is 11.0. The van der Waals surface area contributed by atoms with E-state index >= 15 is 0 Å². The Bertz CT molecular complexity index is 503. The molecule has 2 heterocycles. The molecule has 1 aliphatic carbocycles. The van der Waals surface area contributed by atoms with Crippen LogP contribution in [-0.4, -0.2) is 5.16 Å². The van der Waals surface area contributed by atoms with Crippen LogP contribution in [0.4, 0.5) is 0 Å². The van der Waals surface area contributed by atoms with Crippen molar-refractivity contribution in [3.8, 4) is 0 Å². The van der Waals surface area contributed by atoms with Crippen LogP contribution in [0.25, 0.3) is 0 Å². The van der Waals surface area contributed by atoms with Gasteiger partial charge in [-0.25, -0.2) is 0 Å². The molecule has 0 amide bonds. The summed E-state index contributed by atoms with van der Waals surface area (Å²) in [6, 6.07) is 4.72. The highest BCUT2D eigenvalue weighted by molar-refractivity contribution is 7.10. The van der Waals surface area contributed by atoms with E-state index in [-0.39, 0.29) is 0 Å². The van der Waals surface area contributed by atoms with Crippen LogP contribution >= 0.6 is 11.3 Å². The summed E-state index contributed by atoms with van der Waals surface area (Å²) in [5.74, 6) is 0.921. The second kappa shape index (κ2) is 4.63. The predicted molar refractivity (Wildman–Crippen MR) is 68.1 cm³/mol. The number of hydrogen-bond acceptors (Lipinski definition) is 4. The molecule has 0 spiro atoms. The van der Waals surface area contributed by atoms with E-state index in [4.69, 9.17) is 4.52 Å². The summed E-state index contributed by atoms with van der Waals surface area (Å²) in [6.45, 7) is 2.71. The molecule has 3 nitrogen and oxygen atoms in total. The molecule has 1 unspecified atom stereocenters. The van der Waals surface area contributed by atoms with Crippen molar-refractivity contribution >= 4 is 11.3 Å². The highest BCUT2D eigenvalue weighted by atomic mass is 32.1. The van der Waals surface area contributed by atoms with E-state index in [1.165, 1.54) is 24.8 Å². The van der Waals surface area contributed by atoms with Gasteiger partial charge in [0.1, 0.15) is 0 Å². The number of aromatic nitrogens is 1. The van der Waals surface area contributed by atoms with E-state index in [1.54, 1.807) is 4.88 Å². The maximum atomic E-state index is 5.21. The molecule has 1 atom stereocenters. The second-order valence-electron chi connectivity index (χ2n) is 4.56. The van der Waals surface area contributed by atoms with Gasteiger partial charge in [-0.15, -0.1) is 11.3 Å². The van der Waals surface area contributed by atoms with Crippen molar-refractivity contribution in [2.45, 2.75) is 38.8 Å². The minimum atomic E-state index is 0.482. The largest absolute Gasteiger partial charge is 0.360 e.